The second-order valence-corrected chi connectivity index (χ2v) is 7.48. The summed E-state index contributed by atoms with van der Waals surface area (Å²) in [5.74, 6) is -1.59. The number of carbonyl (C=O) groups excluding carboxylic acids is 1. The predicted octanol–water partition coefficient (Wildman–Crippen LogP) is 4.62. The number of nitrogens with one attached hydrogen (secondary N) is 1. The molecule has 0 saturated heterocycles. The van der Waals surface area contributed by atoms with E-state index in [1.165, 1.54) is 18.2 Å². The number of nitrogens with zero attached hydrogens (tertiary/aromatic N) is 1. The van der Waals surface area contributed by atoms with Crippen molar-refractivity contribution in [3.05, 3.63) is 42.1 Å². The lowest BCUT2D eigenvalue weighted by molar-refractivity contribution is -0.274. The lowest BCUT2D eigenvalue weighted by atomic mass is 9.92. The van der Waals surface area contributed by atoms with Gasteiger partial charge in [-0.2, -0.15) is 13.2 Å². The normalized spacial score (nSPS) is 19.1. The Morgan fingerprint density at radius 2 is 1.76 bits per heavy atom. The van der Waals surface area contributed by atoms with Gasteiger partial charge < -0.3 is 19.9 Å². The van der Waals surface area contributed by atoms with Crippen LogP contribution in [0.2, 0.25) is 0 Å². The molecular formula is C21H20F6N2O4. The third-order valence-electron chi connectivity index (χ3n) is 4.93. The van der Waals surface area contributed by atoms with E-state index >= 15 is 0 Å². The summed E-state index contributed by atoms with van der Waals surface area (Å²) in [6, 6.07) is 5.04. The molecule has 0 spiro atoms. The van der Waals surface area contributed by atoms with E-state index in [2.05, 4.69) is 15.0 Å². The van der Waals surface area contributed by atoms with Gasteiger partial charge >= 0.3 is 12.5 Å². The molecule has 1 aromatic heterocycles. The SMILES string of the molecule is O=C(N[C@@H]1CCCC[C@H]1O)c1cnc(OCC(F)(F)F)c(-c2ccc(OC(F)(F)F)cc2)c1. The smallest absolute Gasteiger partial charge is 0.468 e. The molecule has 2 N–H and O–H groups in total. The van der Waals surface area contributed by atoms with Crippen molar-refractivity contribution >= 4 is 5.91 Å². The van der Waals surface area contributed by atoms with Crippen molar-refractivity contribution in [2.24, 2.45) is 0 Å². The van der Waals surface area contributed by atoms with Crippen molar-refractivity contribution in [2.75, 3.05) is 6.61 Å². The van der Waals surface area contributed by atoms with Crippen LogP contribution in [-0.4, -0.2) is 47.3 Å². The maximum atomic E-state index is 12.7. The van der Waals surface area contributed by atoms with Gasteiger partial charge in [-0.05, 0) is 36.6 Å². The molecule has 1 aliphatic carbocycles. The van der Waals surface area contributed by atoms with E-state index < -0.39 is 48.8 Å². The molecule has 0 radical (unpaired) electrons. The number of hydrogen-bond acceptors (Lipinski definition) is 5. The molecule has 1 aromatic carbocycles. The molecule has 1 saturated carbocycles. The minimum Gasteiger partial charge on any atom is -0.468 e. The highest BCUT2D eigenvalue weighted by Crippen LogP contribution is 2.33. The summed E-state index contributed by atoms with van der Waals surface area (Å²) >= 11 is 0. The van der Waals surface area contributed by atoms with E-state index in [1.54, 1.807) is 0 Å². The van der Waals surface area contributed by atoms with Crippen LogP contribution in [0.25, 0.3) is 11.1 Å². The number of ether oxygens (including phenoxy) is 2. The number of aliphatic hydroxyl groups is 1. The van der Waals surface area contributed by atoms with E-state index in [4.69, 9.17) is 4.74 Å². The third-order valence-corrected chi connectivity index (χ3v) is 4.93. The highest BCUT2D eigenvalue weighted by molar-refractivity contribution is 5.95. The zero-order chi connectivity index (χ0) is 24.2. The van der Waals surface area contributed by atoms with Crippen LogP contribution < -0.4 is 14.8 Å². The van der Waals surface area contributed by atoms with Crippen LogP contribution in [0.4, 0.5) is 26.3 Å². The fourth-order valence-electron chi connectivity index (χ4n) is 3.42. The van der Waals surface area contributed by atoms with Gasteiger partial charge in [0.1, 0.15) is 5.75 Å². The van der Waals surface area contributed by atoms with Gasteiger partial charge in [0, 0.05) is 11.8 Å². The molecule has 2 aromatic rings. The van der Waals surface area contributed by atoms with Crippen LogP contribution in [0.15, 0.2) is 36.5 Å². The Morgan fingerprint density at radius 3 is 2.36 bits per heavy atom. The van der Waals surface area contributed by atoms with Crippen molar-refractivity contribution < 1.29 is 45.7 Å². The molecule has 2 atom stereocenters. The Morgan fingerprint density at radius 1 is 1.09 bits per heavy atom. The fourth-order valence-corrected chi connectivity index (χ4v) is 3.42. The highest BCUT2D eigenvalue weighted by Gasteiger charge is 2.32. The molecule has 1 fully saturated rings. The number of aromatic nitrogens is 1. The predicted molar refractivity (Wildman–Crippen MR) is 104 cm³/mol. The first-order valence-electron chi connectivity index (χ1n) is 9.96. The van der Waals surface area contributed by atoms with E-state index in [-0.39, 0.29) is 16.7 Å². The number of aliphatic hydroxyl groups excluding tert-OH is 1. The van der Waals surface area contributed by atoms with Gasteiger partial charge in [0.25, 0.3) is 5.91 Å². The number of rotatable bonds is 6. The fraction of sp³-hybridized carbons (Fsp3) is 0.429. The standard InChI is InChI=1S/C21H20F6N2O4/c22-20(23,24)11-32-19-15(12-5-7-14(8-6-12)33-21(25,26)27)9-13(10-28-19)18(31)29-16-3-1-2-4-17(16)30/h5-10,16-17,30H,1-4,11H2,(H,29,31)/t16-,17-/m1/s1. The van der Waals surface area contributed by atoms with Crippen molar-refractivity contribution in [2.45, 2.75) is 50.4 Å². The minimum atomic E-state index is -4.91. The minimum absolute atomic E-state index is 0.0160. The van der Waals surface area contributed by atoms with Gasteiger partial charge in [0.2, 0.25) is 5.88 Å². The summed E-state index contributed by atoms with van der Waals surface area (Å²) in [6.07, 6.45) is -6.50. The van der Waals surface area contributed by atoms with E-state index in [9.17, 15) is 36.2 Å². The molecule has 180 valence electrons. The number of benzene rings is 1. The average molecular weight is 478 g/mol. The monoisotopic (exact) mass is 478 g/mol. The largest absolute Gasteiger partial charge is 0.573 e. The van der Waals surface area contributed by atoms with E-state index in [0.29, 0.717) is 12.8 Å². The van der Waals surface area contributed by atoms with Crippen LogP contribution >= 0.6 is 0 Å². The Kier molecular flexibility index (Phi) is 7.35. The number of alkyl halides is 6. The summed E-state index contributed by atoms with van der Waals surface area (Å²) in [7, 11) is 0. The molecule has 12 heteroatoms. The first-order valence-corrected chi connectivity index (χ1v) is 9.96. The summed E-state index contributed by atoms with van der Waals surface area (Å²) in [4.78, 5) is 16.5. The first-order chi connectivity index (χ1) is 15.4. The second kappa shape index (κ2) is 9.86. The number of pyridine rings is 1. The topological polar surface area (TPSA) is 80.7 Å². The van der Waals surface area contributed by atoms with Gasteiger partial charge in [-0.3, -0.25) is 4.79 Å². The van der Waals surface area contributed by atoms with Crippen molar-refractivity contribution in [3.63, 3.8) is 0 Å². The van der Waals surface area contributed by atoms with E-state index in [1.807, 2.05) is 0 Å². The van der Waals surface area contributed by atoms with Crippen molar-refractivity contribution in [3.8, 4) is 22.8 Å². The maximum absolute atomic E-state index is 12.7. The quantitative estimate of drug-likeness (QED) is 0.593. The summed E-state index contributed by atoms with van der Waals surface area (Å²) in [6.45, 7) is -1.65. The lowest BCUT2D eigenvalue weighted by Gasteiger charge is -2.28. The average Bonchev–Trinajstić information content (AvgIpc) is 2.73. The first kappa shape index (κ1) is 24.6. The van der Waals surface area contributed by atoms with Crippen LogP contribution in [0.3, 0.4) is 0 Å². The van der Waals surface area contributed by atoms with Gasteiger partial charge in [0.05, 0.1) is 17.7 Å². The van der Waals surface area contributed by atoms with Crippen molar-refractivity contribution in [1.82, 2.24) is 10.3 Å². The maximum Gasteiger partial charge on any atom is 0.573 e. The van der Waals surface area contributed by atoms with Gasteiger partial charge in [-0.25, -0.2) is 4.98 Å². The van der Waals surface area contributed by atoms with Gasteiger partial charge in [-0.15, -0.1) is 13.2 Å². The summed E-state index contributed by atoms with van der Waals surface area (Å²) in [5, 5.41) is 12.7. The van der Waals surface area contributed by atoms with Crippen LogP contribution in [0.1, 0.15) is 36.0 Å². The Balaban J connectivity index is 1.88. The lowest BCUT2D eigenvalue weighted by Crippen LogP contribution is -2.45. The molecule has 1 heterocycles. The number of hydrogen-bond donors (Lipinski definition) is 2. The second-order valence-electron chi connectivity index (χ2n) is 7.48. The van der Waals surface area contributed by atoms with Gasteiger partial charge in [0.15, 0.2) is 6.61 Å². The molecule has 33 heavy (non-hydrogen) atoms. The molecular weight excluding hydrogens is 458 g/mol. The van der Waals surface area contributed by atoms with E-state index in [0.717, 1.165) is 31.2 Å². The highest BCUT2D eigenvalue weighted by atomic mass is 19.4. The Bertz CT molecular complexity index is 963. The Labute approximate surface area is 184 Å². The molecule has 3 rings (SSSR count). The number of amides is 1. The molecule has 0 bridgehead atoms. The summed E-state index contributed by atoms with van der Waals surface area (Å²) < 4.78 is 83.6. The third kappa shape index (κ3) is 7.24. The molecule has 0 unspecified atom stereocenters. The Hall–Kier alpha value is -3.02. The zero-order valence-corrected chi connectivity index (χ0v) is 17.0. The molecule has 0 aliphatic heterocycles. The molecule has 1 amide bonds. The van der Waals surface area contributed by atoms with Crippen LogP contribution in [0, 0.1) is 0 Å². The molecule has 1 aliphatic rings. The zero-order valence-electron chi connectivity index (χ0n) is 17.0. The van der Waals surface area contributed by atoms with Crippen LogP contribution in [0.5, 0.6) is 11.6 Å². The summed E-state index contributed by atoms with van der Waals surface area (Å²) in [5.41, 5.74) is 0.106. The number of carbonyl (C=O) groups is 1. The van der Waals surface area contributed by atoms with Crippen molar-refractivity contribution in [1.29, 1.82) is 0 Å². The molecule has 6 nitrogen and oxygen atoms in total. The van der Waals surface area contributed by atoms with Crippen LogP contribution in [-0.2, 0) is 0 Å². The van der Waals surface area contributed by atoms with Gasteiger partial charge in [-0.1, -0.05) is 25.0 Å². The number of halogens is 6.